The molecule has 10 nitrogen and oxygen atoms in total. The first-order valence-corrected chi connectivity index (χ1v) is 9.97. The summed E-state index contributed by atoms with van der Waals surface area (Å²) in [5.74, 6) is -0.148. The van der Waals surface area contributed by atoms with E-state index in [4.69, 9.17) is 4.74 Å². The Morgan fingerprint density at radius 2 is 2.00 bits per heavy atom. The maximum absolute atomic E-state index is 13.2. The fraction of sp³-hybridized carbons (Fsp3) is 0.238. The Labute approximate surface area is 191 Å². The molecule has 34 heavy (non-hydrogen) atoms. The van der Waals surface area contributed by atoms with E-state index in [9.17, 15) is 22.8 Å². The van der Waals surface area contributed by atoms with Crippen LogP contribution in [0.5, 0.6) is 5.75 Å². The molecule has 4 rings (SSSR count). The van der Waals surface area contributed by atoms with E-state index in [-0.39, 0.29) is 19.0 Å². The van der Waals surface area contributed by atoms with E-state index in [0.717, 1.165) is 12.1 Å². The van der Waals surface area contributed by atoms with Gasteiger partial charge in [-0.25, -0.2) is 14.5 Å². The minimum atomic E-state index is -4.81. The molecule has 1 aliphatic heterocycles. The molecule has 3 heterocycles. The molecule has 1 aliphatic rings. The molecule has 0 saturated heterocycles. The van der Waals surface area contributed by atoms with Gasteiger partial charge < -0.3 is 20.1 Å². The second-order valence-corrected chi connectivity index (χ2v) is 7.20. The predicted molar refractivity (Wildman–Crippen MR) is 114 cm³/mol. The van der Waals surface area contributed by atoms with E-state index in [1.54, 1.807) is 30.6 Å². The number of urea groups is 1. The van der Waals surface area contributed by atoms with Gasteiger partial charge in [-0.05, 0) is 35.9 Å². The van der Waals surface area contributed by atoms with Crippen molar-refractivity contribution in [1.29, 1.82) is 0 Å². The zero-order valence-corrected chi connectivity index (χ0v) is 17.7. The first-order valence-electron chi connectivity index (χ1n) is 9.97. The summed E-state index contributed by atoms with van der Waals surface area (Å²) in [5.41, 5.74) is 0.823. The van der Waals surface area contributed by atoms with E-state index in [0.29, 0.717) is 17.1 Å². The number of carbonyl (C=O) groups excluding carboxylic acids is 2. The van der Waals surface area contributed by atoms with Gasteiger partial charge in [-0.3, -0.25) is 9.69 Å². The molecule has 1 aromatic carbocycles. The van der Waals surface area contributed by atoms with Crippen molar-refractivity contribution in [3.8, 4) is 11.6 Å². The number of fused-ring (bicyclic) bond motifs is 1. The van der Waals surface area contributed by atoms with Gasteiger partial charge in [0.1, 0.15) is 12.3 Å². The number of anilines is 2. The Hall–Kier alpha value is -4.13. The number of pyridine rings is 1. The van der Waals surface area contributed by atoms with Crippen LogP contribution in [-0.2, 0) is 9.53 Å². The highest BCUT2D eigenvalue weighted by Gasteiger charge is 2.32. The lowest BCUT2D eigenvalue weighted by Crippen LogP contribution is -2.49. The molecule has 3 amide bonds. The number of ether oxygens (including phenoxy) is 2. The highest BCUT2D eigenvalue weighted by atomic mass is 19.4. The van der Waals surface area contributed by atoms with Crippen molar-refractivity contribution in [2.45, 2.75) is 12.4 Å². The number of hydrogen-bond donors (Lipinski definition) is 2. The monoisotopic (exact) mass is 476 g/mol. The maximum atomic E-state index is 13.2. The van der Waals surface area contributed by atoms with Crippen molar-refractivity contribution in [2.24, 2.45) is 0 Å². The number of halogens is 3. The third-order valence-corrected chi connectivity index (χ3v) is 4.82. The predicted octanol–water partition coefficient (Wildman–Crippen LogP) is 3.02. The second-order valence-electron chi connectivity index (χ2n) is 7.20. The van der Waals surface area contributed by atoms with Crippen LogP contribution in [0.15, 0.2) is 54.9 Å². The lowest BCUT2D eigenvalue weighted by molar-refractivity contribution is -0.274. The zero-order chi connectivity index (χ0) is 24.3. The number of benzene rings is 1. The molecule has 0 fully saturated rings. The summed E-state index contributed by atoms with van der Waals surface area (Å²) in [5, 5.41) is 9.53. The average molecular weight is 476 g/mol. The Kier molecular flexibility index (Phi) is 6.36. The number of carbonyl (C=O) groups is 2. The van der Waals surface area contributed by atoms with E-state index in [1.165, 1.54) is 28.8 Å². The Balaban J connectivity index is 1.57. The molecule has 0 bridgehead atoms. The summed E-state index contributed by atoms with van der Waals surface area (Å²) < 4.78 is 47.8. The summed E-state index contributed by atoms with van der Waals surface area (Å²) in [6, 6.07) is 8.66. The Morgan fingerprint density at radius 3 is 2.65 bits per heavy atom. The van der Waals surface area contributed by atoms with E-state index >= 15 is 0 Å². The van der Waals surface area contributed by atoms with Crippen molar-refractivity contribution >= 4 is 23.4 Å². The minimum Gasteiger partial charge on any atom is -0.406 e. The molecule has 0 saturated carbocycles. The fourth-order valence-corrected chi connectivity index (χ4v) is 3.37. The van der Waals surface area contributed by atoms with Crippen LogP contribution in [0.4, 0.5) is 29.5 Å². The largest absolute Gasteiger partial charge is 0.573 e. The molecule has 1 atom stereocenters. The van der Waals surface area contributed by atoms with Gasteiger partial charge in [0.2, 0.25) is 5.91 Å². The van der Waals surface area contributed by atoms with Crippen LogP contribution >= 0.6 is 0 Å². The molecule has 0 spiro atoms. The van der Waals surface area contributed by atoms with Gasteiger partial charge in [0.15, 0.2) is 11.6 Å². The molecule has 0 radical (unpaired) electrons. The maximum Gasteiger partial charge on any atom is 0.573 e. The number of hydrogen-bond acceptors (Lipinski definition) is 6. The molecule has 3 aromatic rings. The first kappa shape index (κ1) is 23.0. The summed E-state index contributed by atoms with van der Waals surface area (Å²) in [4.78, 5) is 31.0. The van der Waals surface area contributed by atoms with E-state index in [2.05, 4.69) is 25.5 Å². The minimum absolute atomic E-state index is 0.0267. The second kappa shape index (κ2) is 9.39. The Bertz CT molecular complexity index is 1170. The molecule has 2 aromatic heterocycles. The van der Waals surface area contributed by atoms with Gasteiger partial charge in [0.25, 0.3) is 0 Å². The topological polar surface area (TPSA) is 111 Å². The zero-order valence-electron chi connectivity index (χ0n) is 17.7. The normalized spacial score (nSPS) is 14.2. The van der Waals surface area contributed by atoms with Crippen LogP contribution in [0.3, 0.4) is 0 Å². The highest BCUT2D eigenvalue weighted by Crippen LogP contribution is 2.29. The molecule has 2 N–H and O–H groups in total. The quantitative estimate of drug-likeness (QED) is 0.566. The lowest BCUT2D eigenvalue weighted by atomic mass is 10.1. The molecular weight excluding hydrogens is 457 g/mol. The van der Waals surface area contributed by atoms with Crippen molar-refractivity contribution in [3.05, 3.63) is 60.4 Å². The molecule has 178 valence electrons. The SMILES string of the molecule is COC[C@H](NC(=O)N1CC(=O)Nc2ccc(-n3cccn3)nc21)c1ccc(OC(F)(F)F)cc1. The van der Waals surface area contributed by atoms with Gasteiger partial charge in [-0.15, -0.1) is 13.2 Å². The Morgan fingerprint density at radius 1 is 1.24 bits per heavy atom. The van der Waals surface area contributed by atoms with Gasteiger partial charge in [-0.2, -0.15) is 5.10 Å². The molecular formula is C21H19F3N6O4. The summed E-state index contributed by atoms with van der Waals surface area (Å²) in [6.45, 7) is -0.259. The van der Waals surface area contributed by atoms with E-state index in [1.807, 2.05) is 0 Å². The summed E-state index contributed by atoms with van der Waals surface area (Å²) >= 11 is 0. The number of alkyl halides is 3. The average Bonchev–Trinajstić information content (AvgIpc) is 3.32. The van der Waals surface area contributed by atoms with Crippen LogP contribution < -0.4 is 20.3 Å². The fourth-order valence-electron chi connectivity index (χ4n) is 3.37. The lowest BCUT2D eigenvalue weighted by Gasteiger charge is -2.30. The number of aromatic nitrogens is 3. The molecule has 0 unspecified atom stereocenters. The molecule has 0 aliphatic carbocycles. The first-order chi connectivity index (χ1) is 16.2. The number of amides is 3. The van der Waals surface area contributed by atoms with Crippen molar-refractivity contribution in [2.75, 3.05) is 30.5 Å². The van der Waals surface area contributed by atoms with Crippen LogP contribution in [-0.4, -0.2) is 53.3 Å². The summed E-state index contributed by atoms with van der Waals surface area (Å²) in [6.07, 6.45) is -1.55. The van der Waals surface area contributed by atoms with Gasteiger partial charge in [0.05, 0.1) is 18.3 Å². The van der Waals surface area contributed by atoms with Crippen LogP contribution in [0.1, 0.15) is 11.6 Å². The van der Waals surface area contributed by atoms with Crippen LogP contribution in [0.2, 0.25) is 0 Å². The van der Waals surface area contributed by atoms with Gasteiger partial charge in [-0.1, -0.05) is 12.1 Å². The van der Waals surface area contributed by atoms with E-state index < -0.39 is 30.1 Å². The van der Waals surface area contributed by atoms with Crippen molar-refractivity contribution < 1.29 is 32.2 Å². The standard InChI is InChI=1S/C21H19F3N6O4/c1-33-12-16(13-3-5-14(6-4-13)34-21(22,23)24)27-20(32)29-11-18(31)26-15-7-8-17(28-19(15)29)30-10-2-9-25-30/h2-10,16H,11-12H2,1H3,(H,26,31)(H,27,32)/t16-/m0/s1. The number of nitrogens with zero attached hydrogens (tertiary/aromatic N) is 4. The van der Waals surface area contributed by atoms with Crippen molar-refractivity contribution in [3.63, 3.8) is 0 Å². The number of rotatable bonds is 6. The smallest absolute Gasteiger partial charge is 0.406 e. The number of methoxy groups -OCH3 is 1. The van der Waals surface area contributed by atoms with Gasteiger partial charge in [0, 0.05) is 19.5 Å². The van der Waals surface area contributed by atoms with Crippen LogP contribution in [0, 0.1) is 0 Å². The van der Waals surface area contributed by atoms with Crippen LogP contribution in [0.25, 0.3) is 5.82 Å². The third-order valence-electron chi connectivity index (χ3n) is 4.82. The molecule has 13 heteroatoms. The van der Waals surface area contributed by atoms with Gasteiger partial charge >= 0.3 is 12.4 Å². The third kappa shape index (κ3) is 5.26. The number of nitrogens with one attached hydrogen (secondary N) is 2. The van der Waals surface area contributed by atoms with Crippen molar-refractivity contribution in [1.82, 2.24) is 20.1 Å². The summed E-state index contributed by atoms with van der Waals surface area (Å²) in [7, 11) is 1.42. The highest BCUT2D eigenvalue weighted by molar-refractivity contribution is 6.08.